The van der Waals surface area contributed by atoms with Gasteiger partial charge in [-0.1, -0.05) is 47.9 Å². The Kier molecular flexibility index (Phi) is 6.03. The van der Waals surface area contributed by atoms with Gasteiger partial charge in [-0.3, -0.25) is 4.79 Å². The van der Waals surface area contributed by atoms with Crippen LogP contribution in [0.2, 0.25) is 0 Å². The van der Waals surface area contributed by atoms with Gasteiger partial charge in [0.25, 0.3) is 0 Å². The lowest BCUT2D eigenvalue weighted by molar-refractivity contribution is -0.117. The quantitative estimate of drug-likeness (QED) is 0.529. The Morgan fingerprint density at radius 2 is 1.86 bits per heavy atom. The normalized spacial score (nSPS) is 17.5. The Morgan fingerprint density at radius 3 is 2.45 bits per heavy atom. The van der Waals surface area contributed by atoms with Crippen LogP contribution in [0, 0.1) is 23.7 Å². The van der Waals surface area contributed by atoms with E-state index in [1.807, 2.05) is 18.2 Å². The minimum Gasteiger partial charge on any atom is -0.339 e. The third kappa shape index (κ3) is 4.17. The highest BCUT2D eigenvalue weighted by molar-refractivity contribution is 6.06. The van der Waals surface area contributed by atoms with Gasteiger partial charge in [0, 0.05) is 23.2 Å². The monoisotopic (exact) mass is 384 g/mol. The van der Waals surface area contributed by atoms with Crippen LogP contribution < -0.4 is 0 Å². The van der Waals surface area contributed by atoms with Crippen LogP contribution in [0.3, 0.4) is 0 Å². The van der Waals surface area contributed by atoms with Crippen LogP contribution in [0.15, 0.2) is 53.8 Å². The number of carbonyl (C=O) groups excluding carboxylic acids is 1. The summed E-state index contributed by atoms with van der Waals surface area (Å²) >= 11 is 0. The van der Waals surface area contributed by atoms with E-state index in [2.05, 4.69) is 54.8 Å². The highest BCUT2D eigenvalue weighted by atomic mass is 16.1. The first-order chi connectivity index (χ1) is 13.8. The first-order valence-electron chi connectivity index (χ1n) is 10.0. The Hall–Kier alpha value is -3.12. The van der Waals surface area contributed by atoms with E-state index in [9.17, 15) is 4.79 Å². The molecule has 2 unspecified atom stereocenters. The van der Waals surface area contributed by atoms with Gasteiger partial charge < -0.3 is 9.98 Å². The molecule has 3 heteroatoms. The summed E-state index contributed by atoms with van der Waals surface area (Å²) in [7, 11) is 0. The van der Waals surface area contributed by atoms with Crippen molar-refractivity contribution in [2.24, 2.45) is 5.92 Å². The van der Waals surface area contributed by atoms with Crippen molar-refractivity contribution in [2.45, 2.75) is 46.6 Å². The number of ketones is 1. The predicted molar refractivity (Wildman–Crippen MR) is 120 cm³/mol. The third-order valence-electron chi connectivity index (χ3n) is 5.69. The molecule has 2 aromatic rings. The van der Waals surface area contributed by atoms with Crippen molar-refractivity contribution in [3.63, 3.8) is 0 Å². The van der Waals surface area contributed by atoms with E-state index in [1.54, 1.807) is 13.8 Å². The summed E-state index contributed by atoms with van der Waals surface area (Å²) in [6.45, 7) is 7.50. The molecule has 148 valence electrons. The minimum atomic E-state index is -0.527. The standard InChI is InChI=1S/C26H28N2O/c1-6-21-16-28(19(4)22-10-8-7-9-11-22)25-15-23(26(18(3)27)20(5)29)14-17(2)12-13-24(21)25/h1,7-11,14-16,19,26-27H,12-13H2,2-5H3/b17-14?,23-15+,27-18?. The average molecular weight is 385 g/mol. The fourth-order valence-corrected chi connectivity index (χ4v) is 4.18. The van der Waals surface area contributed by atoms with Crippen molar-refractivity contribution >= 4 is 17.6 Å². The van der Waals surface area contributed by atoms with Crippen LogP contribution >= 0.6 is 0 Å². The Morgan fingerprint density at radius 1 is 1.17 bits per heavy atom. The third-order valence-corrected chi connectivity index (χ3v) is 5.69. The molecule has 0 spiro atoms. The van der Waals surface area contributed by atoms with Crippen molar-refractivity contribution in [1.29, 1.82) is 5.41 Å². The highest BCUT2D eigenvalue weighted by Gasteiger charge is 2.25. The molecule has 0 fully saturated rings. The molecule has 0 aliphatic heterocycles. The zero-order chi connectivity index (χ0) is 21.1. The van der Waals surface area contributed by atoms with E-state index in [-0.39, 0.29) is 11.8 Å². The largest absolute Gasteiger partial charge is 0.339 e. The number of fused-ring (bicyclic) bond motifs is 1. The fourth-order valence-electron chi connectivity index (χ4n) is 4.18. The smallest absolute Gasteiger partial charge is 0.142 e. The average Bonchev–Trinajstić information content (AvgIpc) is 3.01. The molecule has 2 atom stereocenters. The van der Waals surface area contributed by atoms with E-state index in [0.29, 0.717) is 5.71 Å². The molecule has 1 heterocycles. The molecule has 0 saturated carbocycles. The maximum atomic E-state index is 12.4. The molecule has 29 heavy (non-hydrogen) atoms. The number of hydrogen-bond acceptors (Lipinski definition) is 2. The first-order valence-corrected chi connectivity index (χ1v) is 10.0. The summed E-state index contributed by atoms with van der Waals surface area (Å²) in [5.74, 6) is 2.32. The topological polar surface area (TPSA) is 45.9 Å². The Labute approximate surface area is 173 Å². The summed E-state index contributed by atoms with van der Waals surface area (Å²) < 4.78 is 2.21. The van der Waals surface area contributed by atoms with Crippen LogP contribution in [0.25, 0.3) is 6.08 Å². The summed E-state index contributed by atoms with van der Waals surface area (Å²) in [6.07, 6.45) is 13.8. The molecule has 3 rings (SSSR count). The molecule has 1 aliphatic rings. The molecule has 1 N–H and O–H groups in total. The number of allylic oxidation sites excluding steroid dienone is 3. The number of Topliss-reactive ketones (excluding diaryl/α,β-unsaturated/α-hetero) is 1. The van der Waals surface area contributed by atoms with Crippen LogP contribution in [0.4, 0.5) is 0 Å². The molecular weight excluding hydrogens is 356 g/mol. The van der Waals surface area contributed by atoms with Gasteiger partial charge in [-0.25, -0.2) is 0 Å². The molecule has 0 amide bonds. The molecule has 1 aromatic carbocycles. The number of carbonyl (C=O) groups is 1. The van der Waals surface area contributed by atoms with Crippen LogP contribution in [-0.2, 0) is 11.2 Å². The second kappa shape index (κ2) is 8.49. The Bertz CT molecular complexity index is 1030. The number of aromatic nitrogens is 1. The number of nitrogens with one attached hydrogen (secondary N) is 1. The molecule has 0 bridgehead atoms. The molecular formula is C26H28N2O. The highest BCUT2D eigenvalue weighted by Crippen LogP contribution is 2.33. The summed E-state index contributed by atoms with van der Waals surface area (Å²) in [4.78, 5) is 12.4. The van der Waals surface area contributed by atoms with Crippen molar-refractivity contribution in [1.82, 2.24) is 4.57 Å². The second-order valence-corrected chi connectivity index (χ2v) is 7.91. The Balaban J connectivity index is 2.24. The van der Waals surface area contributed by atoms with Crippen LogP contribution in [-0.4, -0.2) is 16.1 Å². The van der Waals surface area contributed by atoms with Crippen molar-refractivity contribution in [2.75, 3.05) is 0 Å². The maximum absolute atomic E-state index is 12.4. The summed E-state index contributed by atoms with van der Waals surface area (Å²) in [5.41, 5.74) is 6.71. The van der Waals surface area contributed by atoms with Gasteiger partial charge in [-0.05, 0) is 63.3 Å². The van der Waals surface area contributed by atoms with Crippen LogP contribution in [0.5, 0.6) is 0 Å². The van der Waals surface area contributed by atoms with Crippen molar-refractivity contribution < 1.29 is 4.79 Å². The molecule has 0 radical (unpaired) electrons. The lowest BCUT2D eigenvalue weighted by Crippen LogP contribution is -2.21. The molecule has 1 aliphatic carbocycles. The maximum Gasteiger partial charge on any atom is 0.142 e. The van der Waals surface area contributed by atoms with Crippen molar-refractivity contribution in [3.8, 4) is 12.3 Å². The predicted octanol–water partition coefficient (Wildman–Crippen LogP) is 5.60. The van der Waals surface area contributed by atoms with Gasteiger partial charge in [0.05, 0.1) is 12.0 Å². The van der Waals surface area contributed by atoms with Gasteiger partial charge in [-0.2, -0.15) is 0 Å². The number of hydrogen-bond donors (Lipinski definition) is 1. The molecule has 0 saturated heterocycles. The summed E-state index contributed by atoms with van der Waals surface area (Å²) in [5, 5.41) is 8.18. The minimum absolute atomic E-state index is 0.0127. The van der Waals surface area contributed by atoms with E-state index in [1.165, 1.54) is 11.1 Å². The zero-order valence-corrected chi connectivity index (χ0v) is 17.6. The number of terminal acetylenes is 1. The van der Waals surface area contributed by atoms with Gasteiger partial charge >= 0.3 is 0 Å². The fraction of sp³-hybridized carbons (Fsp3) is 0.308. The SMILES string of the molecule is C#Cc1cn(C(C)c2ccccc2)c2c1CCC(C)=C/C(C(C(C)=N)C(C)=O)=C\2. The lowest BCUT2D eigenvalue weighted by Gasteiger charge is -2.21. The van der Waals surface area contributed by atoms with Crippen molar-refractivity contribution in [3.05, 3.63) is 76.1 Å². The van der Waals surface area contributed by atoms with Gasteiger partial charge in [0.1, 0.15) is 5.78 Å². The van der Waals surface area contributed by atoms with E-state index in [0.717, 1.165) is 35.2 Å². The number of nitrogens with zero attached hydrogens (tertiary/aromatic N) is 1. The number of rotatable bonds is 5. The van der Waals surface area contributed by atoms with Gasteiger partial charge in [0.15, 0.2) is 0 Å². The molecule has 3 nitrogen and oxygen atoms in total. The lowest BCUT2D eigenvalue weighted by atomic mass is 9.86. The summed E-state index contributed by atoms with van der Waals surface area (Å²) in [6, 6.07) is 10.4. The van der Waals surface area contributed by atoms with Gasteiger partial charge in [-0.15, -0.1) is 6.42 Å². The van der Waals surface area contributed by atoms with Gasteiger partial charge in [0.2, 0.25) is 0 Å². The second-order valence-electron chi connectivity index (χ2n) is 7.91. The number of benzene rings is 1. The van der Waals surface area contributed by atoms with E-state index in [4.69, 9.17) is 11.8 Å². The molecule has 1 aromatic heterocycles. The van der Waals surface area contributed by atoms with E-state index >= 15 is 0 Å². The van der Waals surface area contributed by atoms with E-state index < -0.39 is 5.92 Å². The zero-order valence-electron chi connectivity index (χ0n) is 17.6. The van der Waals surface area contributed by atoms with Crippen LogP contribution in [0.1, 0.15) is 62.5 Å². The first kappa shape index (κ1) is 20.6.